The molecule has 1 N–H and O–H groups in total. The zero-order valence-corrected chi connectivity index (χ0v) is 36.7. The van der Waals surface area contributed by atoms with Crippen molar-refractivity contribution in [1.82, 2.24) is 9.80 Å². The lowest BCUT2D eigenvalue weighted by molar-refractivity contribution is -0.233. The number of likely N-dealkylation sites (N-methyl/N-ethyl adjacent to an activating group) is 1. The Morgan fingerprint density at radius 1 is 0.909 bits per heavy atom. The SMILES string of the molecule is CC(C)C1=C2[C@H]3CC[C@@H]4[C@@]5(C)CCC(OC(=O)CC(C)(C)C(=O)O)C(C)(C)[C@@H]5CC[C@@]4(C)[C@]3(C)CC[C@@]2(CN(CCN(C)C)Cc2ccc(Cl)cc2)CC1=O. The number of hydrogen-bond acceptors (Lipinski definition) is 6. The first-order valence-corrected chi connectivity index (χ1v) is 21.7. The highest BCUT2D eigenvalue weighted by molar-refractivity contribution is 6.30. The number of carboxylic acid groups (broad SMARTS) is 1. The molecule has 55 heavy (non-hydrogen) atoms. The van der Waals surface area contributed by atoms with Gasteiger partial charge in [0.1, 0.15) is 6.10 Å². The van der Waals surface area contributed by atoms with Crippen LogP contribution in [0.25, 0.3) is 0 Å². The van der Waals surface area contributed by atoms with Gasteiger partial charge in [0.25, 0.3) is 0 Å². The standard InChI is InChI=1S/C47H71ClN2O5/c1-30(2)39-34(51)26-47(29-50(25-24-49(10)11)28-31-12-14-32(48)15-13-31)23-22-45(8)33(40(39)47)16-17-36-44(7)20-19-37(55-38(52)27-42(3,4)41(53)54)43(5,6)35(44)18-21-46(36,45)9/h12-15,30,33,35-37H,16-29H2,1-11H3,(H,53,54)/t33-,35+,36-,37?,44+,45-,46-,47+/m1/s1. The Balaban J connectivity index is 1.30. The van der Waals surface area contributed by atoms with Crippen molar-refractivity contribution in [3.8, 4) is 0 Å². The fraction of sp³-hybridized carbons (Fsp3) is 0.766. The number of ether oxygens (including phenoxy) is 1. The molecular weight excluding hydrogens is 708 g/mol. The summed E-state index contributed by atoms with van der Waals surface area (Å²) >= 11 is 6.29. The summed E-state index contributed by atoms with van der Waals surface area (Å²) < 4.78 is 6.21. The minimum Gasteiger partial charge on any atom is -0.481 e. The van der Waals surface area contributed by atoms with Crippen LogP contribution in [0.1, 0.15) is 132 Å². The van der Waals surface area contributed by atoms with Crippen LogP contribution in [0, 0.1) is 56.2 Å². The fourth-order valence-corrected chi connectivity index (χ4v) is 13.7. The van der Waals surface area contributed by atoms with Crippen LogP contribution in [0.3, 0.4) is 0 Å². The van der Waals surface area contributed by atoms with Gasteiger partial charge in [-0.05, 0) is 142 Å². The summed E-state index contributed by atoms with van der Waals surface area (Å²) in [4.78, 5) is 44.2. The summed E-state index contributed by atoms with van der Waals surface area (Å²) in [5.74, 6) is 0.540. The van der Waals surface area contributed by atoms with Gasteiger partial charge in [0.2, 0.25) is 0 Å². The number of carbonyl (C=O) groups excluding carboxylic acids is 2. The monoisotopic (exact) mass is 779 g/mol. The summed E-state index contributed by atoms with van der Waals surface area (Å²) in [6, 6.07) is 8.28. The van der Waals surface area contributed by atoms with Crippen LogP contribution in [-0.4, -0.2) is 72.5 Å². The Morgan fingerprint density at radius 3 is 2.20 bits per heavy atom. The van der Waals surface area contributed by atoms with Crippen molar-refractivity contribution in [2.45, 2.75) is 139 Å². The molecule has 7 nitrogen and oxygen atoms in total. The number of allylic oxidation sites excluding steroid dienone is 1. The van der Waals surface area contributed by atoms with Gasteiger partial charge in [0, 0.05) is 48.5 Å². The number of aliphatic carboxylic acids is 1. The van der Waals surface area contributed by atoms with Crippen LogP contribution in [0.5, 0.6) is 0 Å². The number of carbonyl (C=O) groups is 3. The number of carboxylic acids is 1. The molecule has 0 bridgehead atoms. The molecule has 0 aromatic heterocycles. The van der Waals surface area contributed by atoms with Gasteiger partial charge in [0.15, 0.2) is 5.78 Å². The first kappa shape index (κ1) is 42.4. The molecule has 5 aliphatic rings. The summed E-state index contributed by atoms with van der Waals surface area (Å²) in [5, 5.41) is 10.4. The molecule has 1 aromatic rings. The van der Waals surface area contributed by atoms with E-state index in [1.54, 1.807) is 13.8 Å². The summed E-state index contributed by atoms with van der Waals surface area (Å²) in [5.41, 5.74) is 2.72. The Morgan fingerprint density at radius 2 is 1.58 bits per heavy atom. The first-order valence-electron chi connectivity index (χ1n) is 21.3. The second-order valence-corrected chi connectivity index (χ2v) is 21.8. The van der Waals surface area contributed by atoms with E-state index in [1.807, 2.05) is 12.1 Å². The molecule has 306 valence electrons. The van der Waals surface area contributed by atoms with Gasteiger partial charge in [-0.1, -0.05) is 77.8 Å². The summed E-state index contributed by atoms with van der Waals surface area (Å²) in [6.07, 6.45) is 8.81. The predicted molar refractivity (Wildman–Crippen MR) is 221 cm³/mol. The average molecular weight is 780 g/mol. The van der Waals surface area contributed by atoms with Crippen LogP contribution in [-0.2, 0) is 25.7 Å². The molecule has 8 heteroatoms. The van der Waals surface area contributed by atoms with Crippen LogP contribution in [0.2, 0.25) is 5.02 Å². The van der Waals surface area contributed by atoms with Crippen molar-refractivity contribution in [3.63, 3.8) is 0 Å². The lowest BCUT2D eigenvalue weighted by atomic mass is 9.33. The Hall–Kier alpha value is -2.22. The number of halogens is 1. The maximum atomic E-state index is 14.3. The molecule has 0 amide bonds. The number of ketones is 1. The Labute approximate surface area is 337 Å². The smallest absolute Gasteiger partial charge is 0.309 e. The molecule has 4 saturated carbocycles. The molecule has 1 aromatic carbocycles. The lowest BCUT2D eigenvalue weighted by Crippen LogP contribution is -2.66. The first-order chi connectivity index (χ1) is 25.5. The van der Waals surface area contributed by atoms with E-state index in [9.17, 15) is 19.5 Å². The second kappa shape index (κ2) is 14.9. The van der Waals surface area contributed by atoms with Crippen molar-refractivity contribution in [3.05, 3.63) is 46.0 Å². The van der Waals surface area contributed by atoms with E-state index in [1.165, 1.54) is 11.1 Å². The summed E-state index contributed by atoms with van der Waals surface area (Å²) in [6.45, 7) is 23.7. The third kappa shape index (κ3) is 7.28. The third-order valence-electron chi connectivity index (χ3n) is 16.7. The third-order valence-corrected chi connectivity index (χ3v) is 16.9. The molecule has 6 rings (SSSR count). The molecule has 5 aliphatic carbocycles. The fourth-order valence-electron chi connectivity index (χ4n) is 13.6. The predicted octanol–water partition coefficient (Wildman–Crippen LogP) is 10.1. The average Bonchev–Trinajstić information content (AvgIpc) is 3.37. The Kier molecular flexibility index (Phi) is 11.5. The molecule has 0 heterocycles. The summed E-state index contributed by atoms with van der Waals surface area (Å²) in [7, 11) is 4.29. The molecule has 8 atom stereocenters. The van der Waals surface area contributed by atoms with E-state index in [0.717, 1.165) is 88.1 Å². The molecule has 1 unspecified atom stereocenters. The van der Waals surface area contributed by atoms with Crippen LogP contribution in [0.15, 0.2) is 35.4 Å². The van der Waals surface area contributed by atoms with Gasteiger partial charge in [-0.3, -0.25) is 19.3 Å². The van der Waals surface area contributed by atoms with Crippen LogP contribution in [0.4, 0.5) is 0 Å². The normalized spacial score (nSPS) is 35.7. The van der Waals surface area contributed by atoms with Gasteiger partial charge in [-0.2, -0.15) is 0 Å². The highest BCUT2D eigenvalue weighted by atomic mass is 35.5. The largest absolute Gasteiger partial charge is 0.481 e. The van der Waals surface area contributed by atoms with E-state index in [2.05, 4.69) is 84.5 Å². The van der Waals surface area contributed by atoms with Gasteiger partial charge in [0.05, 0.1) is 11.8 Å². The van der Waals surface area contributed by atoms with Crippen molar-refractivity contribution in [2.24, 2.45) is 56.2 Å². The van der Waals surface area contributed by atoms with Crippen molar-refractivity contribution in [2.75, 3.05) is 33.7 Å². The van der Waals surface area contributed by atoms with E-state index in [-0.39, 0.29) is 45.5 Å². The Bertz CT molecular complexity index is 1680. The van der Waals surface area contributed by atoms with E-state index < -0.39 is 17.4 Å². The number of benzene rings is 1. The maximum absolute atomic E-state index is 14.3. The quantitative estimate of drug-likeness (QED) is 0.212. The van der Waals surface area contributed by atoms with Crippen molar-refractivity contribution >= 4 is 29.3 Å². The molecule has 0 spiro atoms. The number of esters is 1. The van der Waals surface area contributed by atoms with Gasteiger partial charge >= 0.3 is 11.9 Å². The highest BCUT2D eigenvalue weighted by Gasteiger charge is 2.70. The minimum absolute atomic E-state index is 0.0774. The highest BCUT2D eigenvalue weighted by Crippen LogP contribution is 2.76. The van der Waals surface area contributed by atoms with Crippen LogP contribution >= 0.6 is 11.6 Å². The van der Waals surface area contributed by atoms with Gasteiger partial charge in [-0.25, -0.2) is 0 Å². The zero-order chi connectivity index (χ0) is 40.5. The molecule has 4 fully saturated rings. The number of nitrogens with zero attached hydrogens (tertiary/aromatic N) is 2. The molecule has 0 radical (unpaired) electrons. The molecular formula is C47H71ClN2O5. The van der Waals surface area contributed by atoms with Crippen molar-refractivity contribution < 1.29 is 24.2 Å². The van der Waals surface area contributed by atoms with Gasteiger partial charge < -0.3 is 14.7 Å². The molecule has 0 saturated heterocycles. The number of Topliss-reactive ketones (excluding diaryl/α,β-unsaturated/α-hetero) is 1. The number of fused-ring (bicyclic) bond motifs is 7. The second-order valence-electron chi connectivity index (χ2n) is 21.3. The van der Waals surface area contributed by atoms with Gasteiger partial charge in [-0.15, -0.1) is 0 Å². The lowest BCUT2D eigenvalue weighted by Gasteiger charge is -2.72. The van der Waals surface area contributed by atoms with E-state index in [0.29, 0.717) is 30.0 Å². The molecule has 0 aliphatic heterocycles. The maximum Gasteiger partial charge on any atom is 0.309 e. The van der Waals surface area contributed by atoms with Crippen molar-refractivity contribution in [1.29, 1.82) is 0 Å². The van der Waals surface area contributed by atoms with Crippen LogP contribution < -0.4 is 0 Å². The topological polar surface area (TPSA) is 87.2 Å². The number of hydrogen-bond donors (Lipinski definition) is 1. The van der Waals surface area contributed by atoms with E-state index in [4.69, 9.17) is 16.3 Å². The minimum atomic E-state index is -1.15. The number of rotatable bonds is 12. The van der Waals surface area contributed by atoms with E-state index >= 15 is 0 Å². The zero-order valence-electron chi connectivity index (χ0n) is 35.9.